The summed E-state index contributed by atoms with van der Waals surface area (Å²) in [7, 11) is 0. The maximum absolute atomic E-state index is 10.4. The minimum atomic E-state index is -0.869. The van der Waals surface area contributed by atoms with Crippen molar-refractivity contribution in [1.82, 2.24) is 9.97 Å². The Hall–Kier alpha value is -1.26. The van der Waals surface area contributed by atoms with Crippen LogP contribution in [0.25, 0.3) is 10.6 Å². The van der Waals surface area contributed by atoms with Crippen molar-refractivity contribution in [1.29, 1.82) is 0 Å². The van der Waals surface area contributed by atoms with Crippen LogP contribution in [0.5, 0.6) is 0 Å². The highest BCUT2D eigenvalue weighted by molar-refractivity contribution is 7.15. The molecule has 0 saturated heterocycles. The number of hydrogen-bond donors (Lipinski definition) is 1. The molecule has 0 saturated carbocycles. The lowest BCUT2D eigenvalue weighted by molar-refractivity contribution is 0.0803. The fourth-order valence-electron chi connectivity index (χ4n) is 1.86. The third-order valence-corrected chi connectivity index (χ3v) is 4.24. The van der Waals surface area contributed by atoms with Gasteiger partial charge in [-0.3, -0.25) is 4.98 Å². The van der Waals surface area contributed by atoms with Crippen molar-refractivity contribution in [3.05, 3.63) is 35.1 Å². The van der Waals surface area contributed by atoms with Crippen LogP contribution in [-0.2, 0) is 11.0 Å². The van der Waals surface area contributed by atoms with Crippen molar-refractivity contribution in [2.75, 3.05) is 0 Å². The number of thiazole rings is 1. The number of aliphatic hydroxyl groups is 1. The van der Waals surface area contributed by atoms with Gasteiger partial charge in [-0.25, -0.2) is 4.98 Å². The number of rotatable bonds is 2. The first-order chi connectivity index (χ1) is 8.69. The molecule has 0 radical (unpaired) electrons. The smallest absolute Gasteiger partial charge is 0.124 e. The maximum Gasteiger partial charge on any atom is 0.124 e. The van der Waals surface area contributed by atoms with E-state index in [1.54, 1.807) is 23.7 Å². The second kappa shape index (κ2) is 4.69. The molecule has 3 nitrogen and oxygen atoms in total. The van der Waals surface area contributed by atoms with E-state index in [0.29, 0.717) is 0 Å². The first kappa shape index (κ1) is 14.2. The molecule has 1 N–H and O–H groups in total. The van der Waals surface area contributed by atoms with Gasteiger partial charge in [-0.2, -0.15) is 0 Å². The van der Waals surface area contributed by atoms with Crippen molar-refractivity contribution >= 4 is 11.3 Å². The summed E-state index contributed by atoms with van der Waals surface area (Å²) < 4.78 is 0. The predicted octanol–water partition coefficient (Wildman–Crippen LogP) is 3.73. The summed E-state index contributed by atoms with van der Waals surface area (Å²) in [4.78, 5) is 9.71. The molecule has 2 aromatic rings. The van der Waals surface area contributed by atoms with Gasteiger partial charge >= 0.3 is 0 Å². The highest BCUT2D eigenvalue weighted by atomic mass is 32.1. The van der Waals surface area contributed by atoms with E-state index in [2.05, 4.69) is 25.8 Å². The Morgan fingerprint density at radius 2 is 1.63 bits per heavy atom. The molecule has 2 heterocycles. The van der Waals surface area contributed by atoms with Crippen LogP contribution in [0, 0.1) is 0 Å². The van der Waals surface area contributed by atoms with Crippen LogP contribution in [0.3, 0.4) is 0 Å². The van der Waals surface area contributed by atoms with Gasteiger partial charge in [-0.05, 0) is 26.0 Å². The van der Waals surface area contributed by atoms with Crippen LogP contribution in [0.15, 0.2) is 24.5 Å². The van der Waals surface area contributed by atoms with Gasteiger partial charge in [0.1, 0.15) is 5.01 Å². The Balaban J connectivity index is 2.59. The van der Waals surface area contributed by atoms with E-state index in [0.717, 1.165) is 21.1 Å². The zero-order valence-corrected chi connectivity index (χ0v) is 12.9. The monoisotopic (exact) mass is 276 g/mol. The Labute approximate surface area is 118 Å². The van der Waals surface area contributed by atoms with E-state index in [-0.39, 0.29) is 5.41 Å². The lowest BCUT2D eigenvalue weighted by Gasteiger charge is -2.23. The van der Waals surface area contributed by atoms with E-state index in [9.17, 15) is 5.11 Å². The molecule has 0 atom stereocenters. The average Bonchev–Trinajstić information content (AvgIpc) is 2.74. The highest BCUT2D eigenvalue weighted by Crippen LogP contribution is 2.39. The summed E-state index contributed by atoms with van der Waals surface area (Å²) in [6.07, 6.45) is 3.52. The number of hydrogen-bond acceptors (Lipinski definition) is 4. The Bertz CT molecular complexity index is 531. The molecule has 0 amide bonds. The SMILES string of the molecule is CC(C)(C)c1nc(-c2ccncc2)sc1C(C)(C)O. The number of nitrogens with zero attached hydrogens (tertiary/aromatic N) is 2. The second-order valence-corrected chi connectivity index (χ2v) is 7.24. The molecule has 0 aliphatic carbocycles. The van der Waals surface area contributed by atoms with Gasteiger partial charge in [0.2, 0.25) is 0 Å². The minimum absolute atomic E-state index is 0.0862. The Kier molecular flexibility index (Phi) is 3.49. The average molecular weight is 276 g/mol. The van der Waals surface area contributed by atoms with E-state index < -0.39 is 5.60 Å². The number of aromatic nitrogens is 2. The molecule has 0 unspecified atom stereocenters. The summed E-state index contributed by atoms with van der Waals surface area (Å²) >= 11 is 1.56. The van der Waals surface area contributed by atoms with Crippen molar-refractivity contribution < 1.29 is 5.11 Å². The molecule has 0 bridgehead atoms. The molecule has 0 aliphatic heterocycles. The summed E-state index contributed by atoms with van der Waals surface area (Å²) in [6, 6.07) is 3.89. The third kappa shape index (κ3) is 3.01. The molecule has 2 rings (SSSR count). The largest absolute Gasteiger partial charge is 0.385 e. The van der Waals surface area contributed by atoms with Gasteiger partial charge in [-0.1, -0.05) is 20.8 Å². The van der Waals surface area contributed by atoms with Crippen LogP contribution in [0.2, 0.25) is 0 Å². The fraction of sp³-hybridized carbons (Fsp3) is 0.467. The normalized spacial score (nSPS) is 12.7. The van der Waals surface area contributed by atoms with Gasteiger partial charge < -0.3 is 5.11 Å². The topological polar surface area (TPSA) is 46.0 Å². The van der Waals surface area contributed by atoms with Gasteiger partial charge in [0.25, 0.3) is 0 Å². The lowest BCUT2D eigenvalue weighted by atomic mass is 9.88. The minimum Gasteiger partial charge on any atom is -0.385 e. The molecule has 19 heavy (non-hydrogen) atoms. The quantitative estimate of drug-likeness (QED) is 0.909. The second-order valence-electron chi connectivity index (χ2n) is 6.24. The van der Waals surface area contributed by atoms with Crippen molar-refractivity contribution in [3.8, 4) is 10.6 Å². The molecule has 102 valence electrons. The van der Waals surface area contributed by atoms with Gasteiger partial charge in [0, 0.05) is 23.4 Å². The predicted molar refractivity (Wildman–Crippen MR) is 79.3 cm³/mol. The summed E-state index contributed by atoms with van der Waals surface area (Å²) in [5, 5.41) is 11.3. The van der Waals surface area contributed by atoms with E-state index in [1.165, 1.54) is 0 Å². The van der Waals surface area contributed by atoms with Crippen LogP contribution >= 0.6 is 11.3 Å². The molecule has 0 aliphatic rings. The number of pyridine rings is 1. The van der Waals surface area contributed by atoms with E-state index >= 15 is 0 Å². The maximum atomic E-state index is 10.4. The highest BCUT2D eigenvalue weighted by Gasteiger charge is 2.31. The first-order valence-corrected chi connectivity index (χ1v) is 7.16. The fourth-order valence-corrected chi connectivity index (χ4v) is 3.14. The molecule has 0 aromatic carbocycles. The first-order valence-electron chi connectivity index (χ1n) is 6.34. The van der Waals surface area contributed by atoms with E-state index in [4.69, 9.17) is 4.98 Å². The Morgan fingerprint density at radius 1 is 1.05 bits per heavy atom. The van der Waals surface area contributed by atoms with Crippen molar-refractivity contribution in [3.63, 3.8) is 0 Å². The zero-order chi connectivity index (χ0) is 14.3. The third-order valence-electron chi connectivity index (χ3n) is 2.82. The molecular weight excluding hydrogens is 256 g/mol. The molecule has 0 spiro atoms. The summed E-state index contributed by atoms with van der Waals surface area (Å²) in [6.45, 7) is 9.98. The lowest BCUT2D eigenvalue weighted by Crippen LogP contribution is -2.22. The van der Waals surface area contributed by atoms with E-state index in [1.807, 2.05) is 26.0 Å². The van der Waals surface area contributed by atoms with Gasteiger partial charge in [0.15, 0.2) is 0 Å². The Morgan fingerprint density at radius 3 is 2.05 bits per heavy atom. The standard InChI is InChI=1S/C15H20N2OS/c1-14(2,3)11-12(15(4,5)18)19-13(17-11)10-6-8-16-9-7-10/h6-9,18H,1-5H3. The van der Waals surface area contributed by atoms with Crippen LogP contribution in [-0.4, -0.2) is 15.1 Å². The molecule has 2 aromatic heterocycles. The van der Waals surface area contributed by atoms with Crippen LogP contribution in [0.4, 0.5) is 0 Å². The molecule has 4 heteroatoms. The summed E-state index contributed by atoms with van der Waals surface area (Å²) in [5.74, 6) is 0. The van der Waals surface area contributed by atoms with Gasteiger partial charge in [-0.15, -0.1) is 11.3 Å². The summed E-state index contributed by atoms with van der Waals surface area (Å²) in [5.41, 5.74) is 1.06. The van der Waals surface area contributed by atoms with Gasteiger partial charge in [0.05, 0.1) is 16.2 Å². The van der Waals surface area contributed by atoms with Crippen molar-refractivity contribution in [2.24, 2.45) is 0 Å². The molecular formula is C15H20N2OS. The molecule has 0 fully saturated rings. The van der Waals surface area contributed by atoms with Crippen LogP contribution in [0.1, 0.15) is 45.2 Å². The van der Waals surface area contributed by atoms with Crippen molar-refractivity contribution in [2.45, 2.75) is 45.6 Å². The van der Waals surface area contributed by atoms with Crippen LogP contribution < -0.4 is 0 Å². The zero-order valence-electron chi connectivity index (χ0n) is 12.1.